The van der Waals surface area contributed by atoms with Crippen molar-refractivity contribution in [1.29, 1.82) is 0 Å². The van der Waals surface area contributed by atoms with Crippen molar-refractivity contribution in [2.45, 2.75) is 65.6 Å². The monoisotopic (exact) mass is 612 g/mol. The lowest BCUT2D eigenvalue weighted by atomic mass is 9.73. The van der Waals surface area contributed by atoms with Crippen LogP contribution in [0.1, 0.15) is 56.0 Å². The number of benzene rings is 1. The van der Waals surface area contributed by atoms with Gasteiger partial charge in [-0.3, -0.25) is 4.90 Å². The summed E-state index contributed by atoms with van der Waals surface area (Å²) in [5.74, 6) is -1.41. The molecule has 8 nitrogen and oxygen atoms in total. The predicted octanol–water partition coefficient (Wildman–Crippen LogP) is 6.93. The first-order chi connectivity index (χ1) is 19.7. The maximum absolute atomic E-state index is 13.7. The van der Waals surface area contributed by atoms with E-state index in [0.717, 1.165) is 6.07 Å². The van der Waals surface area contributed by atoms with E-state index in [1.54, 1.807) is 32.0 Å². The molecule has 1 aliphatic heterocycles. The number of carbonyl (C=O) groups is 2. The zero-order valence-electron chi connectivity index (χ0n) is 24.5. The van der Waals surface area contributed by atoms with Gasteiger partial charge in [0.25, 0.3) is 0 Å². The molecule has 0 bridgehead atoms. The molecule has 1 fully saturated rings. The van der Waals surface area contributed by atoms with Gasteiger partial charge in [0.05, 0.1) is 38.0 Å². The third-order valence-corrected chi connectivity index (χ3v) is 7.58. The van der Waals surface area contributed by atoms with Crippen molar-refractivity contribution in [3.63, 3.8) is 0 Å². The molecule has 2 aromatic rings. The number of hydrogen-bond donors (Lipinski definition) is 0. The van der Waals surface area contributed by atoms with E-state index in [1.165, 1.54) is 18.1 Å². The van der Waals surface area contributed by atoms with E-state index in [2.05, 4.69) is 11.6 Å². The fraction of sp³-hybridized carbons (Fsp3) is 0.500. The molecule has 230 valence electrons. The number of aromatic nitrogens is 1. The standard InChI is InChI=1S/C30H36ClF3N2O6/c1-8-13-41-28(38)36-23(20-11-10-12-21(31)17(20)3)25(22(29(4,5)6)24(36)27(37)40-9-2)42-16-18-14-19(30(32,33)34)15-35-26(18)39-7/h8,10-12,14-15,22-25H,1,9,13,16H2,2-7H3/t22-,23+,24+,25+/m1/s1. The highest BCUT2D eigenvalue weighted by Crippen LogP contribution is 2.51. The summed E-state index contributed by atoms with van der Waals surface area (Å²) in [6.07, 6.45) is -4.30. The highest BCUT2D eigenvalue weighted by molar-refractivity contribution is 6.31. The lowest BCUT2D eigenvalue weighted by Gasteiger charge is -2.35. The summed E-state index contributed by atoms with van der Waals surface area (Å²) in [6.45, 7) is 12.2. The third kappa shape index (κ3) is 7.00. The minimum atomic E-state index is -4.64. The van der Waals surface area contributed by atoms with Gasteiger partial charge in [-0.2, -0.15) is 13.2 Å². The number of rotatable bonds is 9. The molecule has 0 radical (unpaired) electrons. The molecule has 0 spiro atoms. The number of nitrogens with zero attached hydrogens (tertiary/aromatic N) is 2. The zero-order chi connectivity index (χ0) is 31.4. The molecule has 42 heavy (non-hydrogen) atoms. The number of pyridine rings is 1. The summed E-state index contributed by atoms with van der Waals surface area (Å²) in [5.41, 5.74) is -0.381. The van der Waals surface area contributed by atoms with Crippen LogP contribution in [0.15, 0.2) is 43.1 Å². The molecule has 1 aliphatic rings. The van der Waals surface area contributed by atoms with E-state index in [9.17, 15) is 22.8 Å². The zero-order valence-corrected chi connectivity index (χ0v) is 25.2. The summed E-state index contributed by atoms with van der Waals surface area (Å²) in [7, 11) is 1.29. The molecule has 0 unspecified atom stereocenters. The van der Waals surface area contributed by atoms with Gasteiger partial charge in [0.15, 0.2) is 0 Å². The average molecular weight is 613 g/mol. The minimum absolute atomic E-state index is 0.0434. The van der Waals surface area contributed by atoms with Crippen LogP contribution in [0.3, 0.4) is 0 Å². The van der Waals surface area contributed by atoms with Gasteiger partial charge < -0.3 is 18.9 Å². The van der Waals surface area contributed by atoms with Gasteiger partial charge in [0, 0.05) is 22.7 Å². The van der Waals surface area contributed by atoms with Gasteiger partial charge in [0.2, 0.25) is 5.88 Å². The van der Waals surface area contributed by atoms with E-state index >= 15 is 0 Å². The maximum atomic E-state index is 13.7. The first-order valence-corrected chi connectivity index (χ1v) is 13.7. The molecule has 0 saturated carbocycles. The lowest BCUT2D eigenvalue weighted by Crippen LogP contribution is -2.48. The van der Waals surface area contributed by atoms with Crippen LogP contribution in [-0.4, -0.2) is 54.4 Å². The largest absolute Gasteiger partial charge is 0.481 e. The van der Waals surface area contributed by atoms with Crippen LogP contribution in [0.5, 0.6) is 5.88 Å². The van der Waals surface area contributed by atoms with Crippen molar-refractivity contribution in [3.05, 3.63) is 70.4 Å². The highest BCUT2D eigenvalue weighted by atomic mass is 35.5. The molecule has 1 saturated heterocycles. The second kappa shape index (κ2) is 13.3. The molecule has 0 aliphatic carbocycles. The third-order valence-electron chi connectivity index (χ3n) is 7.17. The number of methoxy groups -OCH3 is 1. The number of alkyl halides is 3. The van der Waals surface area contributed by atoms with Crippen molar-refractivity contribution < 1.29 is 41.7 Å². The van der Waals surface area contributed by atoms with Gasteiger partial charge >= 0.3 is 18.2 Å². The van der Waals surface area contributed by atoms with E-state index in [4.69, 9.17) is 30.5 Å². The van der Waals surface area contributed by atoms with Gasteiger partial charge in [-0.25, -0.2) is 14.6 Å². The molecule has 1 amide bonds. The van der Waals surface area contributed by atoms with Crippen LogP contribution in [-0.2, 0) is 31.8 Å². The topological polar surface area (TPSA) is 87.2 Å². The Hall–Kier alpha value is -3.31. The van der Waals surface area contributed by atoms with E-state index in [1.807, 2.05) is 20.8 Å². The van der Waals surface area contributed by atoms with Crippen LogP contribution in [0.4, 0.5) is 18.0 Å². The van der Waals surface area contributed by atoms with Crippen molar-refractivity contribution >= 4 is 23.7 Å². The van der Waals surface area contributed by atoms with Gasteiger partial charge in [0.1, 0.15) is 12.6 Å². The Morgan fingerprint density at radius 3 is 2.45 bits per heavy atom. The normalized spacial score (nSPS) is 20.8. The summed E-state index contributed by atoms with van der Waals surface area (Å²) < 4.78 is 63.1. The second-order valence-electron chi connectivity index (χ2n) is 10.9. The molecule has 0 N–H and O–H groups in total. The number of likely N-dealkylation sites (tertiary alicyclic amines) is 1. The summed E-state index contributed by atoms with van der Waals surface area (Å²) in [6, 6.07) is 3.98. The van der Waals surface area contributed by atoms with Crippen LogP contribution in [0.2, 0.25) is 5.02 Å². The first-order valence-electron chi connectivity index (χ1n) is 13.4. The summed E-state index contributed by atoms with van der Waals surface area (Å²) >= 11 is 6.49. The Morgan fingerprint density at radius 2 is 1.88 bits per heavy atom. The number of hydrogen-bond acceptors (Lipinski definition) is 7. The fourth-order valence-electron chi connectivity index (χ4n) is 5.36. The lowest BCUT2D eigenvalue weighted by molar-refractivity contribution is -0.151. The molecule has 2 heterocycles. The quantitative estimate of drug-likeness (QED) is 0.224. The Balaban J connectivity index is 2.24. The Kier molecular flexibility index (Phi) is 10.5. The Labute approximate surface area is 248 Å². The van der Waals surface area contributed by atoms with Crippen LogP contribution < -0.4 is 4.74 Å². The van der Waals surface area contributed by atoms with E-state index in [0.29, 0.717) is 22.3 Å². The number of ether oxygens (including phenoxy) is 4. The summed E-state index contributed by atoms with van der Waals surface area (Å²) in [4.78, 5) is 32.3. The number of halogens is 4. The summed E-state index contributed by atoms with van der Waals surface area (Å²) in [5, 5.41) is 0.418. The van der Waals surface area contributed by atoms with Gasteiger partial charge in [-0.15, -0.1) is 0 Å². The van der Waals surface area contributed by atoms with Crippen molar-refractivity contribution in [2.75, 3.05) is 20.3 Å². The molecular weight excluding hydrogens is 577 g/mol. The van der Waals surface area contributed by atoms with Crippen molar-refractivity contribution in [1.82, 2.24) is 9.88 Å². The number of carbonyl (C=O) groups excluding carboxylic acids is 2. The van der Waals surface area contributed by atoms with Crippen LogP contribution >= 0.6 is 11.6 Å². The number of amides is 1. The minimum Gasteiger partial charge on any atom is -0.481 e. The maximum Gasteiger partial charge on any atom is 0.417 e. The molecule has 4 atom stereocenters. The van der Waals surface area contributed by atoms with E-state index < -0.39 is 53.3 Å². The molecular formula is C30H36ClF3N2O6. The van der Waals surface area contributed by atoms with Crippen molar-refractivity contribution in [2.24, 2.45) is 11.3 Å². The molecule has 1 aromatic heterocycles. The van der Waals surface area contributed by atoms with Crippen LogP contribution in [0.25, 0.3) is 0 Å². The molecule has 12 heteroatoms. The van der Waals surface area contributed by atoms with Gasteiger partial charge in [-0.05, 0) is 42.5 Å². The predicted molar refractivity (Wildman–Crippen MR) is 150 cm³/mol. The second-order valence-corrected chi connectivity index (χ2v) is 11.3. The highest BCUT2D eigenvalue weighted by Gasteiger charge is 2.60. The Bertz CT molecular complexity index is 1300. The fourth-order valence-corrected chi connectivity index (χ4v) is 5.54. The van der Waals surface area contributed by atoms with E-state index in [-0.39, 0.29) is 31.3 Å². The number of esters is 1. The average Bonchev–Trinajstić information content (AvgIpc) is 3.27. The SMILES string of the molecule is C=CCOC(=O)N1[C@H](C(=O)OCC)[C@@H](C(C)(C)C)[C@H](OCc2cc(C(F)(F)F)cnc2OC)[C@@H]1c1cccc(Cl)c1C. The van der Waals surface area contributed by atoms with Crippen molar-refractivity contribution in [3.8, 4) is 5.88 Å². The van der Waals surface area contributed by atoms with Gasteiger partial charge in [-0.1, -0.05) is 57.2 Å². The first kappa shape index (κ1) is 33.2. The smallest absolute Gasteiger partial charge is 0.417 e. The Morgan fingerprint density at radius 1 is 1.19 bits per heavy atom. The molecule has 3 rings (SSSR count). The van der Waals surface area contributed by atoms with Crippen LogP contribution in [0, 0.1) is 18.3 Å². The molecule has 1 aromatic carbocycles.